The first-order valence-electron chi connectivity index (χ1n) is 9.72. The van der Waals surface area contributed by atoms with Gasteiger partial charge in [0.15, 0.2) is 4.87 Å². The quantitative estimate of drug-likeness (QED) is 0.790. The summed E-state index contributed by atoms with van der Waals surface area (Å²) in [6, 6.07) is 14.0. The molecule has 2 fully saturated rings. The van der Waals surface area contributed by atoms with E-state index in [2.05, 4.69) is 0 Å². The molecule has 1 atom stereocenters. The highest BCUT2D eigenvalue weighted by molar-refractivity contribution is 8.01. The maximum atomic E-state index is 13.7. The second-order valence-corrected chi connectivity index (χ2v) is 8.93. The summed E-state index contributed by atoms with van der Waals surface area (Å²) in [7, 11) is 0. The molecule has 1 spiro atoms. The molecule has 5 rings (SSSR count). The average Bonchev–Trinajstić information content (AvgIpc) is 3.20. The van der Waals surface area contributed by atoms with E-state index in [4.69, 9.17) is 0 Å². The predicted octanol–water partition coefficient (Wildman–Crippen LogP) is 3.90. The van der Waals surface area contributed by atoms with Crippen molar-refractivity contribution in [2.75, 3.05) is 17.2 Å². The lowest BCUT2D eigenvalue weighted by atomic mass is 9.84. The maximum Gasteiger partial charge on any atom is 0.268 e. The third kappa shape index (κ3) is 2.50. The molecule has 144 valence electrons. The Morgan fingerprint density at radius 2 is 1.89 bits per heavy atom. The molecule has 1 aliphatic carbocycles. The number of thioether (sulfide) groups is 1. The van der Waals surface area contributed by atoms with Crippen LogP contribution in [-0.2, 0) is 21.0 Å². The first kappa shape index (κ1) is 17.7. The Kier molecular flexibility index (Phi) is 4.19. The van der Waals surface area contributed by atoms with Crippen LogP contribution < -0.4 is 4.90 Å². The third-order valence-corrected chi connectivity index (χ3v) is 7.49. The molecule has 2 aliphatic heterocycles. The smallest absolute Gasteiger partial charge is 0.268 e. The lowest BCUT2D eigenvalue weighted by molar-refractivity contribution is -0.145. The number of hydrogen-bond acceptors (Lipinski definition) is 3. The Balaban J connectivity index is 1.55. The van der Waals surface area contributed by atoms with E-state index >= 15 is 0 Å². The van der Waals surface area contributed by atoms with Gasteiger partial charge in [0.1, 0.15) is 5.82 Å². The van der Waals surface area contributed by atoms with Crippen LogP contribution in [0.2, 0.25) is 0 Å². The Morgan fingerprint density at radius 1 is 1.14 bits per heavy atom. The molecule has 0 radical (unpaired) electrons. The SMILES string of the molecule is O=C(C1CCC1)N1CCS[C@]12C(=O)N(Cc1ccc(F)cc1)c1ccccc12. The summed E-state index contributed by atoms with van der Waals surface area (Å²) in [6.07, 6.45) is 2.93. The first-order chi connectivity index (χ1) is 13.6. The van der Waals surface area contributed by atoms with E-state index in [0.717, 1.165) is 41.8 Å². The number of para-hydroxylation sites is 1. The lowest BCUT2D eigenvalue weighted by Gasteiger charge is -2.37. The number of hydrogen-bond donors (Lipinski definition) is 0. The number of benzene rings is 2. The van der Waals surface area contributed by atoms with Crippen LogP contribution in [0.15, 0.2) is 48.5 Å². The van der Waals surface area contributed by atoms with Crippen LogP contribution in [-0.4, -0.2) is 29.0 Å². The molecule has 6 heteroatoms. The zero-order valence-corrected chi connectivity index (χ0v) is 16.3. The van der Waals surface area contributed by atoms with Gasteiger partial charge in [-0.05, 0) is 36.6 Å². The van der Waals surface area contributed by atoms with Crippen LogP contribution in [0.5, 0.6) is 0 Å². The van der Waals surface area contributed by atoms with Gasteiger partial charge in [0.05, 0.1) is 12.2 Å². The zero-order valence-electron chi connectivity index (χ0n) is 15.4. The molecule has 0 unspecified atom stereocenters. The standard InChI is InChI=1S/C22H21FN2O2S/c23-17-10-8-15(9-11-17)14-24-19-7-2-1-6-18(19)22(21(24)27)25(12-13-28-22)20(26)16-4-3-5-16/h1-2,6-11,16H,3-5,12-14H2/t22-/m1/s1. The summed E-state index contributed by atoms with van der Waals surface area (Å²) >= 11 is 1.56. The molecule has 2 aromatic rings. The molecule has 3 aliphatic rings. The molecule has 4 nitrogen and oxygen atoms in total. The van der Waals surface area contributed by atoms with Crippen molar-refractivity contribution in [2.24, 2.45) is 5.92 Å². The molecular formula is C22H21FN2O2S. The Bertz CT molecular complexity index is 944. The number of halogens is 1. The number of carbonyl (C=O) groups is 2. The lowest BCUT2D eigenvalue weighted by Crippen LogP contribution is -2.52. The summed E-state index contributed by atoms with van der Waals surface area (Å²) in [5, 5.41) is 0. The molecule has 0 N–H and O–H groups in total. The molecular weight excluding hydrogens is 375 g/mol. The number of fused-ring (bicyclic) bond motifs is 2. The van der Waals surface area contributed by atoms with Crippen molar-refractivity contribution in [3.63, 3.8) is 0 Å². The van der Waals surface area contributed by atoms with Gasteiger partial charge in [0.25, 0.3) is 5.91 Å². The average molecular weight is 396 g/mol. The normalized spacial score (nSPS) is 24.0. The Morgan fingerprint density at radius 3 is 2.61 bits per heavy atom. The van der Waals surface area contributed by atoms with Gasteiger partial charge in [0, 0.05) is 23.8 Å². The molecule has 0 aromatic heterocycles. The summed E-state index contributed by atoms with van der Waals surface area (Å²) in [5.41, 5.74) is 2.61. The predicted molar refractivity (Wildman–Crippen MR) is 107 cm³/mol. The topological polar surface area (TPSA) is 40.6 Å². The fourth-order valence-corrected chi connectivity index (χ4v) is 5.86. The highest BCUT2D eigenvalue weighted by atomic mass is 32.2. The van der Waals surface area contributed by atoms with E-state index < -0.39 is 4.87 Å². The maximum absolute atomic E-state index is 13.7. The molecule has 1 saturated carbocycles. The van der Waals surface area contributed by atoms with E-state index in [9.17, 15) is 14.0 Å². The Hall–Kier alpha value is -2.34. The molecule has 1 saturated heterocycles. The third-order valence-electron chi connectivity index (χ3n) is 6.08. The largest absolute Gasteiger partial charge is 0.315 e. The fourth-order valence-electron chi connectivity index (χ4n) is 4.39. The van der Waals surface area contributed by atoms with Gasteiger partial charge < -0.3 is 9.80 Å². The van der Waals surface area contributed by atoms with Crippen LogP contribution in [0, 0.1) is 11.7 Å². The van der Waals surface area contributed by atoms with Crippen molar-refractivity contribution in [3.05, 3.63) is 65.5 Å². The van der Waals surface area contributed by atoms with E-state index in [1.165, 1.54) is 12.1 Å². The van der Waals surface area contributed by atoms with E-state index in [1.807, 2.05) is 29.2 Å². The van der Waals surface area contributed by atoms with Crippen LogP contribution in [0.1, 0.15) is 30.4 Å². The van der Waals surface area contributed by atoms with Crippen LogP contribution in [0.4, 0.5) is 10.1 Å². The number of anilines is 1. The van der Waals surface area contributed by atoms with Gasteiger partial charge in [-0.15, -0.1) is 11.8 Å². The fraction of sp³-hybridized carbons (Fsp3) is 0.364. The monoisotopic (exact) mass is 396 g/mol. The summed E-state index contributed by atoms with van der Waals surface area (Å²) in [5.74, 6) is 0.568. The van der Waals surface area contributed by atoms with E-state index in [0.29, 0.717) is 13.1 Å². The minimum Gasteiger partial charge on any atom is -0.315 e. The number of rotatable bonds is 3. The van der Waals surface area contributed by atoms with E-state index in [-0.39, 0.29) is 23.5 Å². The molecule has 28 heavy (non-hydrogen) atoms. The van der Waals surface area contributed by atoms with Crippen molar-refractivity contribution in [1.82, 2.24) is 4.90 Å². The first-order valence-corrected chi connectivity index (χ1v) is 10.7. The number of nitrogens with zero attached hydrogens (tertiary/aromatic N) is 2. The van der Waals surface area contributed by atoms with Crippen molar-refractivity contribution in [3.8, 4) is 0 Å². The number of carbonyl (C=O) groups excluding carboxylic acids is 2. The molecule has 2 amide bonds. The Labute approximate surface area is 167 Å². The van der Waals surface area contributed by atoms with Crippen molar-refractivity contribution < 1.29 is 14.0 Å². The van der Waals surface area contributed by atoms with Crippen molar-refractivity contribution in [2.45, 2.75) is 30.7 Å². The molecule has 0 bridgehead atoms. The summed E-state index contributed by atoms with van der Waals surface area (Å²) in [4.78, 5) is 29.5. The van der Waals surface area contributed by atoms with Crippen molar-refractivity contribution in [1.29, 1.82) is 0 Å². The number of amides is 2. The highest BCUT2D eigenvalue weighted by Crippen LogP contribution is 2.55. The van der Waals surface area contributed by atoms with E-state index in [1.54, 1.807) is 28.8 Å². The molecule has 2 aromatic carbocycles. The van der Waals surface area contributed by atoms with Gasteiger partial charge in [-0.25, -0.2) is 4.39 Å². The van der Waals surface area contributed by atoms with Crippen molar-refractivity contribution >= 4 is 29.3 Å². The van der Waals surface area contributed by atoms with Crippen LogP contribution in [0.3, 0.4) is 0 Å². The molecule has 2 heterocycles. The second-order valence-electron chi connectivity index (χ2n) is 7.65. The van der Waals surface area contributed by atoms with Crippen LogP contribution in [0.25, 0.3) is 0 Å². The van der Waals surface area contributed by atoms with Crippen LogP contribution >= 0.6 is 11.8 Å². The van der Waals surface area contributed by atoms with Gasteiger partial charge in [0.2, 0.25) is 5.91 Å². The minimum atomic E-state index is -0.955. The zero-order chi connectivity index (χ0) is 19.3. The minimum absolute atomic E-state index is 0.0571. The highest BCUT2D eigenvalue weighted by Gasteiger charge is 2.59. The van der Waals surface area contributed by atoms with Gasteiger partial charge >= 0.3 is 0 Å². The van der Waals surface area contributed by atoms with Gasteiger partial charge in [-0.1, -0.05) is 36.8 Å². The van der Waals surface area contributed by atoms with Gasteiger partial charge in [-0.3, -0.25) is 9.59 Å². The summed E-state index contributed by atoms with van der Waals surface area (Å²) in [6.45, 7) is 0.967. The summed E-state index contributed by atoms with van der Waals surface area (Å²) < 4.78 is 13.3. The van der Waals surface area contributed by atoms with Gasteiger partial charge in [-0.2, -0.15) is 0 Å². The second kappa shape index (κ2) is 6.62.